The third-order valence-electron chi connectivity index (χ3n) is 5.60. The quantitative estimate of drug-likeness (QED) is 0.368. The van der Waals surface area contributed by atoms with Gasteiger partial charge in [0, 0.05) is 12.7 Å². The first kappa shape index (κ1) is 20.8. The molecule has 0 unspecified atom stereocenters. The number of amides is 3. The number of aliphatic hydroxyl groups is 2. The van der Waals surface area contributed by atoms with Crippen LogP contribution in [0.2, 0.25) is 0 Å². The van der Waals surface area contributed by atoms with Gasteiger partial charge in [-0.25, -0.2) is 9.78 Å². The normalized spacial score (nSPS) is 18.7. The molecule has 1 aliphatic rings. The summed E-state index contributed by atoms with van der Waals surface area (Å²) in [6.45, 7) is 1.37. The van der Waals surface area contributed by atoms with Gasteiger partial charge >= 0.3 is 6.03 Å². The number of imide groups is 1. The number of carbonyl (C=O) groups excluding carboxylic acids is 2. The van der Waals surface area contributed by atoms with Crippen LogP contribution in [-0.2, 0) is 17.8 Å². The van der Waals surface area contributed by atoms with Crippen LogP contribution in [0.15, 0.2) is 60.8 Å². The van der Waals surface area contributed by atoms with Crippen LogP contribution in [0.4, 0.5) is 10.6 Å². The Labute approximate surface area is 179 Å². The average molecular weight is 420 g/mol. The minimum atomic E-state index is -2.24. The van der Waals surface area contributed by atoms with Gasteiger partial charge < -0.3 is 21.3 Å². The van der Waals surface area contributed by atoms with E-state index < -0.39 is 29.7 Å². The highest BCUT2D eigenvalue weighted by molar-refractivity contribution is 6.01. The lowest BCUT2D eigenvalue weighted by atomic mass is 9.78. The van der Waals surface area contributed by atoms with Gasteiger partial charge in [0.05, 0.1) is 5.92 Å². The fourth-order valence-electron chi connectivity index (χ4n) is 4.18. The van der Waals surface area contributed by atoms with Crippen molar-refractivity contribution in [2.24, 2.45) is 5.92 Å². The molecule has 2 heterocycles. The second-order valence-corrected chi connectivity index (χ2v) is 7.94. The molecule has 0 radical (unpaired) electrons. The zero-order chi connectivity index (χ0) is 22.2. The second-order valence-electron chi connectivity index (χ2n) is 7.94. The van der Waals surface area contributed by atoms with E-state index in [1.807, 2.05) is 42.5 Å². The topological polar surface area (TPSA) is 129 Å². The Morgan fingerprint density at radius 2 is 1.94 bits per heavy atom. The van der Waals surface area contributed by atoms with Crippen molar-refractivity contribution in [1.82, 2.24) is 15.2 Å². The van der Waals surface area contributed by atoms with Gasteiger partial charge in [0.15, 0.2) is 5.79 Å². The number of rotatable bonds is 5. The first-order valence-corrected chi connectivity index (χ1v) is 9.98. The number of nitrogens with zero attached hydrogens (tertiary/aromatic N) is 2. The van der Waals surface area contributed by atoms with Crippen LogP contribution in [0.5, 0.6) is 0 Å². The van der Waals surface area contributed by atoms with Crippen molar-refractivity contribution < 1.29 is 19.8 Å². The Kier molecular flexibility index (Phi) is 5.34. The number of pyridine rings is 1. The third kappa shape index (κ3) is 4.08. The fraction of sp³-hybridized carbons (Fsp3) is 0.261. The number of urea groups is 1. The highest BCUT2D eigenvalue weighted by atomic mass is 16.5. The van der Waals surface area contributed by atoms with E-state index in [-0.39, 0.29) is 13.0 Å². The van der Waals surface area contributed by atoms with E-state index >= 15 is 0 Å². The number of nitrogens with one attached hydrogen (secondary N) is 1. The maximum absolute atomic E-state index is 12.8. The zero-order valence-electron chi connectivity index (χ0n) is 17.0. The molecule has 4 rings (SSSR count). The standard InChI is InChI=1S/C23H24N4O4/c1-23(30,31)20-18(11-14-9-10-25-19(24)12-14)21(28)27(20)22(29)26-13-16-7-4-6-15-5-2-3-8-17(15)16/h2-10,12,18,20,30-31H,11,13H2,1H3,(H2,24,25)(H,26,29)/t18-,20+/m1/s1. The summed E-state index contributed by atoms with van der Waals surface area (Å²) in [6, 6.07) is 15.2. The predicted octanol–water partition coefficient (Wildman–Crippen LogP) is 1.80. The molecule has 1 aromatic heterocycles. The smallest absolute Gasteiger partial charge is 0.324 e. The number of benzene rings is 2. The lowest BCUT2D eigenvalue weighted by molar-refractivity contribution is -0.225. The van der Waals surface area contributed by atoms with Gasteiger partial charge in [-0.2, -0.15) is 0 Å². The van der Waals surface area contributed by atoms with Gasteiger partial charge in [0.25, 0.3) is 0 Å². The van der Waals surface area contributed by atoms with Crippen molar-refractivity contribution in [3.63, 3.8) is 0 Å². The molecule has 0 spiro atoms. The van der Waals surface area contributed by atoms with Gasteiger partial charge in [-0.1, -0.05) is 42.5 Å². The number of likely N-dealkylation sites (tertiary alicyclic amines) is 1. The Balaban J connectivity index is 1.50. The van der Waals surface area contributed by atoms with Crippen molar-refractivity contribution >= 4 is 28.5 Å². The highest BCUT2D eigenvalue weighted by Crippen LogP contribution is 2.36. The number of aromatic nitrogens is 1. The number of fused-ring (bicyclic) bond motifs is 1. The van der Waals surface area contributed by atoms with Crippen molar-refractivity contribution in [3.05, 3.63) is 71.9 Å². The third-order valence-corrected chi connectivity index (χ3v) is 5.60. The molecule has 1 saturated heterocycles. The molecule has 31 heavy (non-hydrogen) atoms. The monoisotopic (exact) mass is 420 g/mol. The lowest BCUT2D eigenvalue weighted by Gasteiger charge is -2.49. The predicted molar refractivity (Wildman–Crippen MR) is 116 cm³/mol. The Morgan fingerprint density at radius 3 is 2.68 bits per heavy atom. The van der Waals surface area contributed by atoms with Crippen LogP contribution < -0.4 is 11.1 Å². The van der Waals surface area contributed by atoms with E-state index in [1.54, 1.807) is 12.1 Å². The number of β-lactam (4-membered cyclic amide) rings is 1. The molecule has 3 amide bonds. The molecule has 0 bridgehead atoms. The summed E-state index contributed by atoms with van der Waals surface area (Å²) >= 11 is 0. The molecule has 2 aromatic carbocycles. The van der Waals surface area contributed by atoms with Gasteiger partial charge in [-0.05, 0) is 47.4 Å². The molecule has 1 fully saturated rings. The summed E-state index contributed by atoms with van der Waals surface area (Å²) in [5.74, 6) is -3.16. The maximum atomic E-state index is 12.8. The van der Waals surface area contributed by atoms with Crippen LogP contribution >= 0.6 is 0 Å². The van der Waals surface area contributed by atoms with Crippen molar-refractivity contribution in [2.45, 2.75) is 31.7 Å². The molecule has 160 valence electrons. The Morgan fingerprint density at radius 1 is 1.19 bits per heavy atom. The lowest BCUT2D eigenvalue weighted by Crippen LogP contribution is -2.72. The van der Waals surface area contributed by atoms with Gasteiger partial charge in [-0.3, -0.25) is 9.69 Å². The first-order chi connectivity index (χ1) is 14.8. The summed E-state index contributed by atoms with van der Waals surface area (Å²) in [5, 5.41) is 25.3. The van der Waals surface area contributed by atoms with Gasteiger partial charge in [-0.15, -0.1) is 0 Å². The van der Waals surface area contributed by atoms with E-state index in [0.29, 0.717) is 5.82 Å². The summed E-state index contributed by atoms with van der Waals surface area (Å²) in [7, 11) is 0. The van der Waals surface area contributed by atoms with Crippen LogP contribution in [-0.4, -0.2) is 43.9 Å². The van der Waals surface area contributed by atoms with E-state index in [0.717, 1.165) is 26.8 Å². The molecule has 5 N–H and O–H groups in total. The van der Waals surface area contributed by atoms with E-state index in [4.69, 9.17) is 5.73 Å². The van der Waals surface area contributed by atoms with Crippen LogP contribution in [0.1, 0.15) is 18.1 Å². The minimum absolute atomic E-state index is 0.204. The second kappa shape index (κ2) is 7.98. The molecule has 0 saturated carbocycles. The van der Waals surface area contributed by atoms with Crippen molar-refractivity contribution in [2.75, 3.05) is 5.73 Å². The van der Waals surface area contributed by atoms with Crippen LogP contribution in [0.25, 0.3) is 10.8 Å². The molecular weight excluding hydrogens is 396 g/mol. The average Bonchev–Trinajstić information content (AvgIpc) is 2.73. The molecule has 3 aromatic rings. The van der Waals surface area contributed by atoms with Gasteiger partial charge in [0.2, 0.25) is 5.91 Å². The SMILES string of the molecule is CC(O)(O)[C@@H]1[C@@H](Cc2ccnc(N)c2)C(=O)N1C(=O)NCc1cccc2ccccc12. The molecule has 1 aliphatic heterocycles. The van der Waals surface area contributed by atoms with Gasteiger partial charge in [0.1, 0.15) is 11.9 Å². The fourth-order valence-corrected chi connectivity index (χ4v) is 4.18. The number of nitrogen functional groups attached to an aromatic ring is 1. The van der Waals surface area contributed by atoms with Crippen LogP contribution in [0, 0.1) is 5.92 Å². The Hall–Kier alpha value is -3.49. The summed E-state index contributed by atoms with van der Waals surface area (Å²) in [5.41, 5.74) is 7.32. The van der Waals surface area contributed by atoms with E-state index in [9.17, 15) is 19.8 Å². The summed E-state index contributed by atoms with van der Waals surface area (Å²) < 4.78 is 0. The van der Waals surface area contributed by atoms with Crippen molar-refractivity contribution in [3.8, 4) is 0 Å². The number of nitrogens with two attached hydrogens (primary N) is 1. The van der Waals surface area contributed by atoms with E-state index in [1.165, 1.54) is 13.1 Å². The number of hydrogen-bond donors (Lipinski definition) is 4. The first-order valence-electron chi connectivity index (χ1n) is 9.98. The largest absolute Gasteiger partial charge is 0.384 e. The summed E-state index contributed by atoms with van der Waals surface area (Å²) in [4.78, 5) is 30.4. The molecular formula is C23H24N4O4. The number of anilines is 1. The number of carbonyl (C=O) groups is 2. The Bertz CT molecular complexity index is 1140. The molecule has 2 atom stereocenters. The van der Waals surface area contributed by atoms with Crippen LogP contribution in [0.3, 0.4) is 0 Å². The minimum Gasteiger partial charge on any atom is -0.384 e. The molecule has 8 heteroatoms. The van der Waals surface area contributed by atoms with Crippen molar-refractivity contribution in [1.29, 1.82) is 0 Å². The highest BCUT2D eigenvalue weighted by Gasteiger charge is 2.57. The number of hydrogen-bond acceptors (Lipinski definition) is 6. The molecule has 8 nitrogen and oxygen atoms in total. The van der Waals surface area contributed by atoms with E-state index in [2.05, 4.69) is 10.3 Å². The maximum Gasteiger partial charge on any atom is 0.324 e. The zero-order valence-corrected chi connectivity index (χ0v) is 17.0. The molecule has 0 aliphatic carbocycles. The summed E-state index contributed by atoms with van der Waals surface area (Å²) in [6.07, 6.45) is 1.74.